The van der Waals surface area contributed by atoms with Crippen molar-refractivity contribution in [1.82, 2.24) is 19.5 Å². The summed E-state index contributed by atoms with van der Waals surface area (Å²) in [5.74, 6) is 0.557. The van der Waals surface area contributed by atoms with Gasteiger partial charge in [0, 0.05) is 11.8 Å². The quantitative estimate of drug-likeness (QED) is 0.393. The van der Waals surface area contributed by atoms with Gasteiger partial charge in [-0.2, -0.15) is 4.98 Å². The van der Waals surface area contributed by atoms with Gasteiger partial charge in [0.1, 0.15) is 28.3 Å². The van der Waals surface area contributed by atoms with E-state index in [9.17, 15) is 14.3 Å². The van der Waals surface area contributed by atoms with Crippen LogP contribution < -0.4 is 10.3 Å². The molecule has 0 fully saturated rings. The largest absolute Gasteiger partial charge is 0.472 e. The fraction of sp³-hybridized carbons (Fsp3) is 0.200. The van der Waals surface area contributed by atoms with Gasteiger partial charge in [0.25, 0.3) is 5.56 Å². The first-order valence-corrected chi connectivity index (χ1v) is 11.3. The Kier molecular flexibility index (Phi) is 6.58. The topological polar surface area (TPSA) is 90.1 Å². The predicted octanol–water partition coefficient (Wildman–Crippen LogP) is 4.71. The van der Waals surface area contributed by atoms with Gasteiger partial charge in [-0.15, -0.1) is 0 Å². The smallest absolute Gasteiger partial charge is 0.276 e. The van der Waals surface area contributed by atoms with E-state index >= 15 is 0 Å². The van der Waals surface area contributed by atoms with Crippen LogP contribution in [0.1, 0.15) is 31.1 Å². The number of benzene rings is 2. The van der Waals surface area contributed by atoms with Gasteiger partial charge >= 0.3 is 0 Å². The summed E-state index contributed by atoms with van der Waals surface area (Å²) in [6.45, 7) is 5.09. The van der Waals surface area contributed by atoms with Gasteiger partial charge in [-0.05, 0) is 72.6 Å². The number of aryl methyl sites for hydroxylation is 1. The SMILES string of the molecule is Cc1nc(OCc2ccc(F)cc2)c(Br)c(=O)n1-c1cccc(-c2ccnc(C(C)(C)O)n2)c1. The number of hydrogen-bond acceptors (Lipinski definition) is 6. The van der Waals surface area contributed by atoms with Crippen LogP contribution in [0, 0.1) is 12.7 Å². The van der Waals surface area contributed by atoms with Crippen LogP contribution >= 0.6 is 15.9 Å². The Bertz CT molecular complexity index is 1400. The van der Waals surface area contributed by atoms with Crippen molar-refractivity contribution in [3.8, 4) is 22.8 Å². The Hall–Kier alpha value is -3.43. The van der Waals surface area contributed by atoms with E-state index in [-0.39, 0.29) is 28.3 Å². The third kappa shape index (κ3) is 5.05. The zero-order valence-corrected chi connectivity index (χ0v) is 20.4. The summed E-state index contributed by atoms with van der Waals surface area (Å²) in [7, 11) is 0. The van der Waals surface area contributed by atoms with Crippen molar-refractivity contribution in [2.24, 2.45) is 0 Å². The normalized spacial score (nSPS) is 11.5. The molecule has 0 aliphatic heterocycles. The molecule has 0 unspecified atom stereocenters. The highest BCUT2D eigenvalue weighted by atomic mass is 79.9. The Morgan fingerprint density at radius 2 is 1.85 bits per heavy atom. The maximum absolute atomic E-state index is 13.2. The monoisotopic (exact) mass is 524 g/mol. The molecule has 9 heteroatoms. The first-order valence-electron chi connectivity index (χ1n) is 10.5. The number of halogens is 2. The number of ether oxygens (including phenoxy) is 1. The minimum absolute atomic E-state index is 0.140. The maximum atomic E-state index is 13.2. The summed E-state index contributed by atoms with van der Waals surface area (Å²) in [5.41, 5.74) is 1.20. The lowest BCUT2D eigenvalue weighted by atomic mass is 10.1. The lowest BCUT2D eigenvalue weighted by Crippen LogP contribution is -2.24. The minimum atomic E-state index is -1.18. The summed E-state index contributed by atoms with van der Waals surface area (Å²) < 4.78 is 20.5. The summed E-state index contributed by atoms with van der Waals surface area (Å²) in [6, 6.07) is 14.9. The van der Waals surface area contributed by atoms with E-state index in [4.69, 9.17) is 4.74 Å². The summed E-state index contributed by atoms with van der Waals surface area (Å²) >= 11 is 3.31. The van der Waals surface area contributed by atoms with Gasteiger partial charge < -0.3 is 9.84 Å². The molecule has 34 heavy (non-hydrogen) atoms. The molecule has 174 valence electrons. The molecule has 4 aromatic rings. The van der Waals surface area contributed by atoms with Crippen molar-refractivity contribution in [2.45, 2.75) is 33.0 Å². The van der Waals surface area contributed by atoms with E-state index in [2.05, 4.69) is 30.9 Å². The maximum Gasteiger partial charge on any atom is 0.276 e. The molecule has 0 aliphatic rings. The van der Waals surface area contributed by atoms with Gasteiger partial charge in [0.05, 0.1) is 11.4 Å². The fourth-order valence-corrected chi connectivity index (χ4v) is 3.71. The third-order valence-electron chi connectivity index (χ3n) is 5.06. The zero-order valence-electron chi connectivity index (χ0n) is 18.8. The minimum Gasteiger partial charge on any atom is -0.472 e. The summed E-state index contributed by atoms with van der Waals surface area (Å²) in [4.78, 5) is 26.3. The molecule has 0 aliphatic carbocycles. The van der Waals surface area contributed by atoms with Crippen LogP contribution in [0.3, 0.4) is 0 Å². The second kappa shape index (κ2) is 9.44. The van der Waals surface area contributed by atoms with Crippen molar-refractivity contribution < 1.29 is 14.2 Å². The van der Waals surface area contributed by atoms with E-state index in [0.29, 0.717) is 23.0 Å². The number of nitrogens with zero attached hydrogens (tertiary/aromatic N) is 4. The van der Waals surface area contributed by atoms with E-state index in [1.54, 1.807) is 51.2 Å². The molecule has 2 aromatic carbocycles. The third-order valence-corrected chi connectivity index (χ3v) is 5.74. The highest BCUT2D eigenvalue weighted by Gasteiger charge is 2.20. The average molecular weight is 525 g/mol. The Morgan fingerprint density at radius 1 is 1.12 bits per heavy atom. The second-order valence-electron chi connectivity index (χ2n) is 8.21. The molecule has 0 spiro atoms. The molecule has 4 rings (SSSR count). The van der Waals surface area contributed by atoms with Crippen LogP contribution in [0.4, 0.5) is 4.39 Å². The van der Waals surface area contributed by atoms with Crippen LogP contribution in [0.15, 0.2) is 70.1 Å². The average Bonchev–Trinajstić information content (AvgIpc) is 2.81. The molecular weight excluding hydrogens is 503 g/mol. The highest BCUT2D eigenvalue weighted by molar-refractivity contribution is 9.10. The molecule has 2 aromatic heterocycles. The highest BCUT2D eigenvalue weighted by Crippen LogP contribution is 2.25. The van der Waals surface area contributed by atoms with Crippen molar-refractivity contribution >= 4 is 15.9 Å². The van der Waals surface area contributed by atoms with Crippen LogP contribution in [-0.4, -0.2) is 24.6 Å². The van der Waals surface area contributed by atoms with Crippen LogP contribution in [0.5, 0.6) is 5.88 Å². The van der Waals surface area contributed by atoms with Crippen molar-refractivity contribution in [3.05, 3.63) is 98.7 Å². The van der Waals surface area contributed by atoms with E-state index in [1.807, 2.05) is 18.2 Å². The van der Waals surface area contributed by atoms with Crippen molar-refractivity contribution in [2.75, 3.05) is 0 Å². The van der Waals surface area contributed by atoms with Gasteiger partial charge in [-0.1, -0.05) is 24.3 Å². The van der Waals surface area contributed by atoms with Gasteiger partial charge in [0.15, 0.2) is 5.82 Å². The summed E-state index contributed by atoms with van der Waals surface area (Å²) in [5, 5.41) is 10.2. The first kappa shape index (κ1) is 23.7. The molecule has 0 saturated carbocycles. The van der Waals surface area contributed by atoms with Crippen molar-refractivity contribution in [1.29, 1.82) is 0 Å². The van der Waals surface area contributed by atoms with Crippen LogP contribution in [0.2, 0.25) is 0 Å². The standard InChI is InChI=1S/C25H22BrFN4O3/c1-15-29-22(34-14-16-7-9-18(27)10-8-16)21(26)23(32)31(15)19-6-4-5-17(13-19)20-11-12-28-24(30-20)25(2,3)33/h4-13,33H,14H2,1-3H3. The predicted molar refractivity (Wildman–Crippen MR) is 129 cm³/mol. The molecule has 2 heterocycles. The molecule has 0 radical (unpaired) electrons. The zero-order chi connectivity index (χ0) is 24.5. The second-order valence-corrected chi connectivity index (χ2v) is 9.00. The van der Waals surface area contributed by atoms with Crippen LogP contribution in [0.25, 0.3) is 16.9 Å². The number of hydrogen-bond donors (Lipinski definition) is 1. The van der Waals surface area contributed by atoms with Crippen molar-refractivity contribution in [3.63, 3.8) is 0 Å². The van der Waals surface area contributed by atoms with E-state index in [1.165, 1.54) is 16.7 Å². The Labute approximate surface area is 204 Å². The van der Waals surface area contributed by atoms with E-state index < -0.39 is 5.60 Å². The fourth-order valence-electron chi connectivity index (χ4n) is 3.33. The van der Waals surface area contributed by atoms with Crippen LogP contribution in [-0.2, 0) is 12.2 Å². The lowest BCUT2D eigenvalue weighted by molar-refractivity contribution is 0.0688. The van der Waals surface area contributed by atoms with Gasteiger partial charge in [0.2, 0.25) is 5.88 Å². The molecule has 0 atom stereocenters. The van der Waals surface area contributed by atoms with Gasteiger partial charge in [-0.3, -0.25) is 9.36 Å². The molecule has 0 bridgehead atoms. The van der Waals surface area contributed by atoms with E-state index in [0.717, 1.165) is 11.1 Å². The first-order chi connectivity index (χ1) is 16.1. The molecule has 0 amide bonds. The Morgan fingerprint density at radius 3 is 2.56 bits per heavy atom. The number of aromatic nitrogens is 4. The molecule has 1 N–H and O–H groups in total. The molecular formula is C25H22BrFN4O3. The van der Waals surface area contributed by atoms with Gasteiger partial charge in [-0.25, -0.2) is 14.4 Å². The lowest BCUT2D eigenvalue weighted by Gasteiger charge is -2.16. The number of rotatable bonds is 6. The summed E-state index contributed by atoms with van der Waals surface area (Å²) in [6.07, 6.45) is 1.59. The number of aliphatic hydroxyl groups is 1. The molecule has 7 nitrogen and oxygen atoms in total. The Balaban J connectivity index is 1.67. The molecule has 0 saturated heterocycles.